The molecule has 44 heavy (non-hydrogen) atoms. The van der Waals surface area contributed by atoms with Crippen molar-refractivity contribution in [2.75, 3.05) is 53.5 Å². The fraction of sp³-hybridized carbons (Fsp3) is 0.303. The molecule has 232 valence electrons. The summed E-state index contributed by atoms with van der Waals surface area (Å²) in [5.74, 6) is 4.01. The number of hydrogen-bond donors (Lipinski definition) is 1. The Bertz CT molecular complexity index is 1550. The molecule has 0 aliphatic heterocycles. The molecule has 0 unspecified atom stereocenters. The monoisotopic (exact) mass is 636 g/mol. The van der Waals surface area contributed by atoms with Crippen molar-refractivity contribution in [1.29, 1.82) is 0 Å². The van der Waals surface area contributed by atoms with Crippen LogP contribution < -0.4 is 29.2 Å². The number of likely N-dealkylation sites (N-methyl/N-ethyl adjacent to an activating group) is 1. The van der Waals surface area contributed by atoms with Gasteiger partial charge in [-0.3, -0.25) is 4.79 Å². The minimum atomic E-state index is -0.122. The maximum absolute atomic E-state index is 12.7. The summed E-state index contributed by atoms with van der Waals surface area (Å²) in [4.78, 5) is 23.8. The van der Waals surface area contributed by atoms with E-state index in [2.05, 4.69) is 10.3 Å². The number of ether oxygens (including phenoxy) is 4. The summed E-state index contributed by atoms with van der Waals surface area (Å²) in [5.41, 5.74) is 3.82. The number of hydrogen-bond acceptors (Lipinski definition) is 9. The zero-order valence-electron chi connectivity index (χ0n) is 25.6. The number of methoxy groups -OCH3 is 4. The number of nitrogens with one attached hydrogen (secondary N) is 1. The van der Waals surface area contributed by atoms with Gasteiger partial charge in [-0.15, -0.1) is 0 Å². The van der Waals surface area contributed by atoms with Crippen LogP contribution in [0.2, 0.25) is 5.15 Å². The molecule has 11 heteroatoms. The molecule has 0 saturated heterocycles. The SMILES string of the molecule is COc1ccc(CCNC(=O)c2ccc(CSc3nc(Cl)cc(N(C)CCc4ccc(OC)c(OC)c4)n3)cc2)cc1OC. The first-order valence-electron chi connectivity index (χ1n) is 14.0. The van der Waals surface area contributed by atoms with Crippen LogP contribution in [0, 0.1) is 0 Å². The number of anilines is 1. The van der Waals surface area contributed by atoms with Gasteiger partial charge in [-0.25, -0.2) is 9.97 Å². The van der Waals surface area contributed by atoms with E-state index in [-0.39, 0.29) is 5.91 Å². The van der Waals surface area contributed by atoms with Crippen LogP contribution in [0.1, 0.15) is 27.0 Å². The highest BCUT2D eigenvalue weighted by Gasteiger charge is 2.12. The Labute approximate surface area is 267 Å². The Balaban J connectivity index is 1.27. The van der Waals surface area contributed by atoms with Crippen molar-refractivity contribution in [2.24, 2.45) is 0 Å². The highest BCUT2D eigenvalue weighted by molar-refractivity contribution is 7.98. The van der Waals surface area contributed by atoms with Crippen molar-refractivity contribution in [3.8, 4) is 23.0 Å². The minimum Gasteiger partial charge on any atom is -0.493 e. The molecule has 0 radical (unpaired) electrons. The number of benzene rings is 3. The van der Waals surface area contributed by atoms with Gasteiger partial charge in [-0.1, -0.05) is 47.6 Å². The number of aromatic nitrogens is 2. The summed E-state index contributed by atoms with van der Waals surface area (Å²) in [6.07, 6.45) is 1.46. The van der Waals surface area contributed by atoms with Crippen molar-refractivity contribution in [3.63, 3.8) is 0 Å². The van der Waals surface area contributed by atoms with Gasteiger partial charge in [0, 0.05) is 37.5 Å². The van der Waals surface area contributed by atoms with Crippen LogP contribution in [-0.2, 0) is 18.6 Å². The van der Waals surface area contributed by atoms with Gasteiger partial charge in [0.1, 0.15) is 11.0 Å². The van der Waals surface area contributed by atoms with Crippen LogP contribution in [0.4, 0.5) is 5.82 Å². The molecule has 3 aromatic carbocycles. The van der Waals surface area contributed by atoms with Crippen molar-refractivity contribution >= 4 is 35.1 Å². The fourth-order valence-electron chi connectivity index (χ4n) is 4.45. The molecule has 0 aliphatic rings. The summed E-state index contributed by atoms with van der Waals surface area (Å²) in [6.45, 7) is 1.23. The largest absolute Gasteiger partial charge is 0.493 e. The van der Waals surface area contributed by atoms with Crippen molar-refractivity contribution in [2.45, 2.75) is 23.8 Å². The first kappa shape index (κ1) is 32.8. The first-order valence-corrected chi connectivity index (χ1v) is 15.4. The van der Waals surface area contributed by atoms with Crippen molar-refractivity contribution in [1.82, 2.24) is 15.3 Å². The van der Waals surface area contributed by atoms with Crippen LogP contribution in [0.5, 0.6) is 23.0 Å². The van der Waals surface area contributed by atoms with E-state index in [1.807, 2.05) is 72.6 Å². The number of carbonyl (C=O) groups is 1. The molecule has 0 saturated carbocycles. The van der Waals surface area contributed by atoms with Crippen LogP contribution in [-0.4, -0.2) is 64.5 Å². The van der Waals surface area contributed by atoms with E-state index in [1.54, 1.807) is 34.5 Å². The molecule has 0 aliphatic carbocycles. The fourth-order valence-corrected chi connectivity index (χ4v) is 5.49. The van der Waals surface area contributed by atoms with Crippen LogP contribution in [0.15, 0.2) is 71.9 Å². The molecule has 0 bridgehead atoms. The Morgan fingerprint density at radius 2 is 1.34 bits per heavy atom. The maximum atomic E-state index is 12.7. The van der Waals surface area contributed by atoms with Crippen LogP contribution in [0.25, 0.3) is 0 Å². The van der Waals surface area contributed by atoms with Gasteiger partial charge >= 0.3 is 0 Å². The van der Waals surface area contributed by atoms with Gasteiger partial charge in [-0.05, 0) is 65.9 Å². The lowest BCUT2D eigenvalue weighted by molar-refractivity contribution is 0.0954. The smallest absolute Gasteiger partial charge is 0.251 e. The summed E-state index contributed by atoms with van der Waals surface area (Å²) >= 11 is 7.84. The van der Waals surface area contributed by atoms with Crippen LogP contribution in [0.3, 0.4) is 0 Å². The minimum absolute atomic E-state index is 0.122. The Hall–Kier alpha value is -4.15. The second-order valence-electron chi connectivity index (χ2n) is 9.87. The number of carbonyl (C=O) groups excluding carboxylic acids is 1. The van der Waals surface area contributed by atoms with E-state index in [9.17, 15) is 4.79 Å². The molecule has 4 rings (SSSR count). The van der Waals surface area contributed by atoms with E-state index in [0.717, 1.165) is 35.5 Å². The predicted octanol–water partition coefficient (Wildman–Crippen LogP) is 6.11. The van der Waals surface area contributed by atoms with Gasteiger partial charge in [0.25, 0.3) is 5.91 Å². The normalized spacial score (nSPS) is 10.7. The highest BCUT2D eigenvalue weighted by Crippen LogP contribution is 2.29. The van der Waals surface area contributed by atoms with Crippen molar-refractivity contribution in [3.05, 3.63) is 94.1 Å². The summed E-state index contributed by atoms with van der Waals surface area (Å²) < 4.78 is 21.4. The number of nitrogens with zero attached hydrogens (tertiary/aromatic N) is 3. The van der Waals surface area contributed by atoms with E-state index in [4.69, 9.17) is 35.5 Å². The van der Waals surface area contributed by atoms with Gasteiger partial charge < -0.3 is 29.2 Å². The van der Waals surface area contributed by atoms with Gasteiger partial charge in [0.05, 0.1) is 28.4 Å². The Morgan fingerprint density at radius 1 is 0.773 bits per heavy atom. The summed E-state index contributed by atoms with van der Waals surface area (Å²) in [6, 6.07) is 21.0. The number of amides is 1. The van der Waals surface area contributed by atoms with Gasteiger partial charge in [0.2, 0.25) is 0 Å². The third-order valence-corrected chi connectivity index (χ3v) is 8.08. The Morgan fingerprint density at radius 3 is 1.93 bits per heavy atom. The number of halogens is 1. The maximum Gasteiger partial charge on any atom is 0.251 e. The average Bonchev–Trinajstić information content (AvgIpc) is 3.05. The lowest BCUT2D eigenvalue weighted by Crippen LogP contribution is -2.25. The first-order chi connectivity index (χ1) is 21.3. The number of thioether (sulfide) groups is 1. The number of rotatable bonds is 15. The third kappa shape index (κ3) is 8.93. The molecule has 0 fully saturated rings. The molecular formula is C33H37ClN4O5S. The molecule has 9 nitrogen and oxygen atoms in total. The van der Waals surface area contributed by atoms with E-state index < -0.39 is 0 Å². The quantitative estimate of drug-likeness (QED) is 0.0942. The van der Waals surface area contributed by atoms with Gasteiger partial charge in [-0.2, -0.15) is 0 Å². The topological polar surface area (TPSA) is 95.0 Å². The molecule has 0 spiro atoms. The molecule has 1 amide bonds. The molecule has 1 heterocycles. The van der Waals surface area contributed by atoms with Crippen molar-refractivity contribution < 1.29 is 23.7 Å². The molecule has 0 atom stereocenters. The second-order valence-corrected chi connectivity index (χ2v) is 11.2. The Kier molecular flexibility index (Phi) is 12.0. The predicted molar refractivity (Wildman–Crippen MR) is 175 cm³/mol. The van der Waals surface area contributed by atoms with Gasteiger partial charge in [0.15, 0.2) is 28.2 Å². The second kappa shape index (κ2) is 16.1. The lowest BCUT2D eigenvalue weighted by atomic mass is 10.1. The third-order valence-electron chi connectivity index (χ3n) is 6.97. The molecule has 4 aromatic rings. The summed E-state index contributed by atoms with van der Waals surface area (Å²) in [7, 11) is 8.44. The van der Waals surface area contributed by atoms with E-state index >= 15 is 0 Å². The van der Waals surface area contributed by atoms with Crippen LogP contribution >= 0.6 is 23.4 Å². The standard InChI is InChI=1S/C33H37ClN4O5S/c1-38(17-15-23-9-13-27(41-3)29(19-23)43-5)31-20-30(34)36-33(37-31)44-21-24-6-10-25(11-7-24)32(39)35-16-14-22-8-12-26(40-2)28(18-22)42-4/h6-13,18-20H,14-17,21H2,1-5H3,(H,35,39). The lowest BCUT2D eigenvalue weighted by Gasteiger charge is -2.19. The van der Waals surface area contributed by atoms with E-state index in [0.29, 0.717) is 57.6 Å². The zero-order chi connectivity index (χ0) is 31.5. The molecular weight excluding hydrogens is 600 g/mol. The summed E-state index contributed by atoms with van der Waals surface area (Å²) in [5, 5.41) is 3.95. The highest BCUT2D eigenvalue weighted by atomic mass is 35.5. The molecule has 1 N–H and O–H groups in total. The molecule has 1 aromatic heterocycles. The van der Waals surface area contributed by atoms with E-state index in [1.165, 1.54) is 11.8 Å². The zero-order valence-corrected chi connectivity index (χ0v) is 27.1. The average molecular weight is 637 g/mol.